The van der Waals surface area contributed by atoms with E-state index < -0.39 is 0 Å². The predicted molar refractivity (Wildman–Crippen MR) is 101 cm³/mol. The lowest BCUT2D eigenvalue weighted by Gasteiger charge is -2.21. The molecule has 5 heteroatoms. The largest absolute Gasteiger partial charge is 0.399 e. The van der Waals surface area contributed by atoms with Crippen LogP contribution in [0.2, 0.25) is 0 Å². The van der Waals surface area contributed by atoms with Crippen molar-refractivity contribution in [2.24, 2.45) is 0 Å². The zero-order valence-corrected chi connectivity index (χ0v) is 13.8. The van der Waals surface area contributed by atoms with E-state index in [-0.39, 0.29) is 0 Å². The number of nitrogen functional groups attached to an aromatic ring is 2. The molecule has 2 rings (SSSR count). The molecule has 23 heavy (non-hydrogen) atoms. The molecular weight excluding hydrogens is 286 g/mol. The number of hydrogen-bond acceptors (Lipinski definition) is 5. The summed E-state index contributed by atoms with van der Waals surface area (Å²) in [6.45, 7) is 7.06. The third-order valence-electron chi connectivity index (χ3n) is 3.78. The van der Waals surface area contributed by atoms with Crippen LogP contribution in [0, 0.1) is 0 Å². The molecule has 0 aliphatic rings. The van der Waals surface area contributed by atoms with Gasteiger partial charge in [0.05, 0.1) is 0 Å². The van der Waals surface area contributed by atoms with Gasteiger partial charge in [0.25, 0.3) is 0 Å². The SMILES string of the molecule is CCN(CCNc1ccc(N)cc1)CCNc1ccc(N)cc1. The quantitative estimate of drug-likeness (QED) is 0.535. The maximum absolute atomic E-state index is 5.69. The molecule has 0 saturated heterocycles. The van der Waals surface area contributed by atoms with E-state index in [0.717, 1.165) is 55.5 Å². The summed E-state index contributed by atoms with van der Waals surface area (Å²) in [5, 5.41) is 6.84. The van der Waals surface area contributed by atoms with E-state index in [1.54, 1.807) is 0 Å². The molecule has 124 valence electrons. The van der Waals surface area contributed by atoms with Crippen LogP contribution in [0.25, 0.3) is 0 Å². The molecule has 0 radical (unpaired) electrons. The van der Waals surface area contributed by atoms with Gasteiger partial charge in [-0.05, 0) is 55.1 Å². The Morgan fingerprint density at radius 3 is 1.48 bits per heavy atom. The first-order chi connectivity index (χ1) is 11.2. The number of anilines is 4. The van der Waals surface area contributed by atoms with Gasteiger partial charge < -0.3 is 27.0 Å². The molecule has 0 aliphatic carbocycles. The molecule has 0 bridgehead atoms. The number of nitrogens with two attached hydrogens (primary N) is 2. The summed E-state index contributed by atoms with van der Waals surface area (Å²) < 4.78 is 0. The highest BCUT2D eigenvalue weighted by molar-refractivity contribution is 5.51. The van der Waals surface area contributed by atoms with Crippen LogP contribution in [-0.2, 0) is 0 Å². The lowest BCUT2D eigenvalue weighted by Crippen LogP contribution is -2.33. The van der Waals surface area contributed by atoms with E-state index in [1.165, 1.54) is 0 Å². The average molecular weight is 313 g/mol. The average Bonchev–Trinajstić information content (AvgIpc) is 2.57. The molecule has 0 aromatic heterocycles. The number of hydrogen-bond donors (Lipinski definition) is 4. The molecule has 0 fully saturated rings. The van der Waals surface area contributed by atoms with E-state index in [9.17, 15) is 0 Å². The summed E-state index contributed by atoms with van der Waals surface area (Å²) in [6.07, 6.45) is 0. The van der Waals surface area contributed by atoms with Crippen molar-refractivity contribution < 1.29 is 0 Å². The molecule has 2 aromatic carbocycles. The van der Waals surface area contributed by atoms with Crippen molar-refractivity contribution in [3.05, 3.63) is 48.5 Å². The van der Waals surface area contributed by atoms with Gasteiger partial charge in [-0.2, -0.15) is 0 Å². The van der Waals surface area contributed by atoms with Crippen LogP contribution in [0.1, 0.15) is 6.92 Å². The van der Waals surface area contributed by atoms with Crippen LogP contribution in [0.3, 0.4) is 0 Å². The number of benzene rings is 2. The van der Waals surface area contributed by atoms with Crippen LogP contribution < -0.4 is 22.1 Å². The van der Waals surface area contributed by atoms with Gasteiger partial charge in [-0.25, -0.2) is 0 Å². The van der Waals surface area contributed by atoms with E-state index in [4.69, 9.17) is 11.5 Å². The fourth-order valence-electron chi connectivity index (χ4n) is 2.35. The Kier molecular flexibility index (Phi) is 6.56. The predicted octanol–water partition coefficient (Wildman–Crippen LogP) is 2.70. The van der Waals surface area contributed by atoms with E-state index in [2.05, 4.69) is 22.5 Å². The highest BCUT2D eigenvalue weighted by Crippen LogP contribution is 2.11. The lowest BCUT2D eigenvalue weighted by molar-refractivity contribution is 0.311. The Labute approximate surface area is 138 Å². The highest BCUT2D eigenvalue weighted by atomic mass is 15.1. The van der Waals surface area contributed by atoms with Crippen LogP contribution in [0.4, 0.5) is 22.7 Å². The summed E-state index contributed by atoms with van der Waals surface area (Å²) in [6, 6.07) is 15.7. The van der Waals surface area contributed by atoms with Crippen molar-refractivity contribution in [3.63, 3.8) is 0 Å². The highest BCUT2D eigenvalue weighted by Gasteiger charge is 2.02. The maximum Gasteiger partial charge on any atom is 0.0342 e. The minimum absolute atomic E-state index is 0.791. The lowest BCUT2D eigenvalue weighted by atomic mass is 10.3. The molecule has 0 unspecified atom stereocenters. The molecule has 0 heterocycles. The summed E-state index contributed by atoms with van der Waals surface area (Å²) in [5.74, 6) is 0. The first kappa shape index (κ1) is 17.0. The van der Waals surface area contributed by atoms with Crippen LogP contribution >= 0.6 is 0 Å². The molecule has 6 N–H and O–H groups in total. The van der Waals surface area contributed by atoms with Crippen molar-refractivity contribution in [2.75, 3.05) is 54.8 Å². The van der Waals surface area contributed by atoms with Crippen molar-refractivity contribution in [1.29, 1.82) is 0 Å². The summed E-state index contributed by atoms with van der Waals surface area (Å²) in [5.41, 5.74) is 15.2. The van der Waals surface area contributed by atoms with E-state index >= 15 is 0 Å². The van der Waals surface area contributed by atoms with Crippen LogP contribution in [0.15, 0.2) is 48.5 Å². The fraction of sp³-hybridized carbons (Fsp3) is 0.333. The van der Waals surface area contributed by atoms with Crippen molar-refractivity contribution in [3.8, 4) is 0 Å². The van der Waals surface area contributed by atoms with Gasteiger partial charge in [0.1, 0.15) is 0 Å². The number of likely N-dealkylation sites (N-methyl/N-ethyl adjacent to an activating group) is 1. The van der Waals surface area contributed by atoms with Gasteiger partial charge in [0, 0.05) is 48.9 Å². The topological polar surface area (TPSA) is 79.3 Å². The zero-order valence-electron chi connectivity index (χ0n) is 13.8. The van der Waals surface area contributed by atoms with Crippen molar-refractivity contribution in [2.45, 2.75) is 6.92 Å². The van der Waals surface area contributed by atoms with Crippen LogP contribution in [-0.4, -0.2) is 37.6 Å². The fourth-order valence-corrected chi connectivity index (χ4v) is 2.35. The molecule has 0 spiro atoms. The molecule has 0 saturated carbocycles. The zero-order chi connectivity index (χ0) is 16.5. The first-order valence-electron chi connectivity index (χ1n) is 8.08. The number of nitrogens with zero attached hydrogens (tertiary/aromatic N) is 1. The Morgan fingerprint density at radius 2 is 1.13 bits per heavy atom. The minimum atomic E-state index is 0.791. The van der Waals surface area contributed by atoms with Crippen molar-refractivity contribution in [1.82, 2.24) is 4.90 Å². The smallest absolute Gasteiger partial charge is 0.0342 e. The third kappa shape index (κ3) is 6.08. The Bertz CT molecular complexity index is 513. The van der Waals surface area contributed by atoms with Gasteiger partial charge in [-0.3, -0.25) is 0 Å². The maximum atomic E-state index is 5.69. The summed E-state index contributed by atoms with van der Waals surface area (Å²) in [4.78, 5) is 2.41. The molecule has 0 amide bonds. The second-order valence-corrected chi connectivity index (χ2v) is 5.53. The third-order valence-corrected chi connectivity index (χ3v) is 3.78. The molecular formula is C18H27N5. The Balaban J connectivity index is 1.66. The molecule has 5 nitrogen and oxygen atoms in total. The molecule has 0 atom stereocenters. The van der Waals surface area contributed by atoms with E-state index in [1.807, 2.05) is 48.5 Å². The first-order valence-corrected chi connectivity index (χ1v) is 8.08. The summed E-state index contributed by atoms with van der Waals surface area (Å²) >= 11 is 0. The van der Waals surface area contributed by atoms with Gasteiger partial charge in [0.2, 0.25) is 0 Å². The number of nitrogens with one attached hydrogen (secondary N) is 2. The monoisotopic (exact) mass is 313 g/mol. The van der Waals surface area contributed by atoms with Crippen molar-refractivity contribution >= 4 is 22.7 Å². The molecule has 0 aliphatic heterocycles. The van der Waals surface area contributed by atoms with E-state index in [0.29, 0.717) is 0 Å². The Morgan fingerprint density at radius 1 is 0.739 bits per heavy atom. The molecule has 2 aromatic rings. The number of rotatable bonds is 9. The van der Waals surface area contributed by atoms with Gasteiger partial charge >= 0.3 is 0 Å². The van der Waals surface area contributed by atoms with Gasteiger partial charge in [0.15, 0.2) is 0 Å². The Hall–Kier alpha value is -2.40. The second kappa shape index (κ2) is 8.90. The minimum Gasteiger partial charge on any atom is -0.399 e. The second-order valence-electron chi connectivity index (χ2n) is 5.53. The normalized spacial score (nSPS) is 10.7. The standard InChI is InChI=1S/C18H27N5/c1-2-23(13-11-21-17-7-3-15(19)4-8-17)14-12-22-18-9-5-16(20)6-10-18/h3-10,21-22H,2,11-14,19-20H2,1H3. The van der Waals surface area contributed by atoms with Gasteiger partial charge in [-0.15, -0.1) is 0 Å². The van der Waals surface area contributed by atoms with Crippen LogP contribution in [0.5, 0.6) is 0 Å². The summed E-state index contributed by atoms with van der Waals surface area (Å²) in [7, 11) is 0. The van der Waals surface area contributed by atoms with Gasteiger partial charge in [-0.1, -0.05) is 6.92 Å².